The second-order valence-corrected chi connectivity index (χ2v) is 7.33. The fraction of sp³-hybridized carbons (Fsp3) is 0.625. The molecular formula is C16H24N4O5S. The van der Waals surface area contributed by atoms with Crippen LogP contribution in [0.15, 0.2) is 6.07 Å². The average Bonchev–Trinajstić information content (AvgIpc) is 3.01. The largest absolute Gasteiger partial charge is 0.385 e. The maximum Gasteiger partial charge on any atom is 0.283 e. The molecule has 1 aromatic heterocycles. The van der Waals surface area contributed by atoms with Gasteiger partial charge in [0.15, 0.2) is 0 Å². The van der Waals surface area contributed by atoms with Gasteiger partial charge < -0.3 is 15.0 Å². The first-order chi connectivity index (χ1) is 12.4. The molecule has 0 saturated carbocycles. The number of methoxy groups -OCH3 is 1. The Labute approximate surface area is 156 Å². The van der Waals surface area contributed by atoms with Gasteiger partial charge in [-0.3, -0.25) is 24.6 Å². The summed E-state index contributed by atoms with van der Waals surface area (Å²) in [5.74, 6) is -0.222. The van der Waals surface area contributed by atoms with Crippen LogP contribution >= 0.6 is 11.3 Å². The van der Waals surface area contributed by atoms with E-state index < -0.39 is 4.92 Å². The summed E-state index contributed by atoms with van der Waals surface area (Å²) < 4.78 is 4.93. The summed E-state index contributed by atoms with van der Waals surface area (Å²) in [6.45, 7) is 5.35. The third kappa shape index (κ3) is 5.48. The first kappa shape index (κ1) is 20.3. The van der Waals surface area contributed by atoms with Crippen LogP contribution in [0, 0.1) is 17.0 Å². The Hall–Kier alpha value is -2.04. The van der Waals surface area contributed by atoms with E-state index in [9.17, 15) is 19.7 Å². The van der Waals surface area contributed by atoms with Gasteiger partial charge in [0.2, 0.25) is 5.91 Å². The number of thiophene rings is 1. The minimum absolute atomic E-state index is 0.0119. The number of hydrogen-bond donors (Lipinski definition) is 1. The number of carbonyl (C=O) groups is 2. The van der Waals surface area contributed by atoms with Crippen molar-refractivity contribution in [3.05, 3.63) is 25.9 Å². The Morgan fingerprint density at radius 3 is 2.62 bits per heavy atom. The molecule has 0 bridgehead atoms. The molecule has 2 amide bonds. The second kappa shape index (κ2) is 9.60. The van der Waals surface area contributed by atoms with E-state index >= 15 is 0 Å². The molecular weight excluding hydrogens is 360 g/mol. The fourth-order valence-corrected chi connectivity index (χ4v) is 3.68. The lowest BCUT2D eigenvalue weighted by atomic mass is 10.2. The summed E-state index contributed by atoms with van der Waals surface area (Å²) in [6.07, 6.45) is 0.775. The molecule has 0 aliphatic carbocycles. The number of nitrogens with zero attached hydrogens (tertiary/aromatic N) is 3. The number of piperazine rings is 1. The van der Waals surface area contributed by atoms with E-state index in [4.69, 9.17) is 4.74 Å². The molecule has 144 valence electrons. The first-order valence-electron chi connectivity index (χ1n) is 8.44. The summed E-state index contributed by atoms with van der Waals surface area (Å²) in [4.78, 5) is 39.5. The molecule has 0 radical (unpaired) electrons. The molecule has 2 heterocycles. The molecule has 1 aliphatic heterocycles. The number of amides is 2. The monoisotopic (exact) mass is 384 g/mol. The molecule has 0 spiro atoms. The molecule has 0 unspecified atom stereocenters. The molecule has 26 heavy (non-hydrogen) atoms. The number of hydrogen-bond acceptors (Lipinski definition) is 7. The predicted molar refractivity (Wildman–Crippen MR) is 97.6 cm³/mol. The van der Waals surface area contributed by atoms with Gasteiger partial charge in [0.1, 0.15) is 0 Å². The summed E-state index contributed by atoms with van der Waals surface area (Å²) in [5.41, 5.74) is -0.0119. The van der Waals surface area contributed by atoms with Gasteiger partial charge in [-0.2, -0.15) is 0 Å². The smallest absolute Gasteiger partial charge is 0.283 e. The van der Waals surface area contributed by atoms with Crippen LogP contribution < -0.4 is 5.32 Å². The molecule has 1 fully saturated rings. The van der Waals surface area contributed by atoms with Crippen molar-refractivity contribution in [2.75, 3.05) is 53.0 Å². The quantitative estimate of drug-likeness (QED) is 0.405. The molecule has 1 aliphatic rings. The van der Waals surface area contributed by atoms with Crippen LogP contribution in [0.5, 0.6) is 0 Å². The number of nitrogens with one attached hydrogen (secondary N) is 1. The lowest BCUT2D eigenvalue weighted by Crippen LogP contribution is -2.51. The van der Waals surface area contributed by atoms with Gasteiger partial charge in [0, 0.05) is 52.5 Å². The zero-order chi connectivity index (χ0) is 19.1. The minimum atomic E-state index is -0.466. The van der Waals surface area contributed by atoms with Crippen molar-refractivity contribution in [2.45, 2.75) is 13.3 Å². The highest BCUT2D eigenvalue weighted by Crippen LogP contribution is 2.29. The SMILES string of the molecule is COCCCNC(=O)CN1CCN(C(=O)c2cc([N+](=O)[O-])c(C)s2)CC1. The highest BCUT2D eigenvalue weighted by Gasteiger charge is 2.26. The Morgan fingerprint density at radius 1 is 1.35 bits per heavy atom. The van der Waals surface area contributed by atoms with Crippen molar-refractivity contribution in [3.63, 3.8) is 0 Å². The minimum Gasteiger partial charge on any atom is -0.385 e. The number of rotatable bonds is 8. The number of ether oxygens (including phenoxy) is 1. The normalized spacial score (nSPS) is 15.1. The van der Waals surface area contributed by atoms with Crippen molar-refractivity contribution in [3.8, 4) is 0 Å². The molecule has 9 nitrogen and oxygen atoms in total. The predicted octanol–water partition coefficient (Wildman–Crippen LogP) is 0.875. The summed E-state index contributed by atoms with van der Waals surface area (Å²) in [6, 6.07) is 1.35. The van der Waals surface area contributed by atoms with Crippen molar-refractivity contribution in [1.82, 2.24) is 15.1 Å². The van der Waals surface area contributed by atoms with Crippen LogP contribution in [0.25, 0.3) is 0 Å². The van der Waals surface area contributed by atoms with Crippen molar-refractivity contribution in [2.24, 2.45) is 0 Å². The van der Waals surface area contributed by atoms with Crippen LogP contribution in [-0.2, 0) is 9.53 Å². The molecule has 1 saturated heterocycles. The maximum atomic E-state index is 12.5. The topological polar surface area (TPSA) is 105 Å². The van der Waals surface area contributed by atoms with Gasteiger partial charge in [-0.05, 0) is 13.3 Å². The summed E-state index contributed by atoms with van der Waals surface area (Å²) >= 11 is 1.15. The summed E-state index contributed by atoms with van der Waals surface area (Å²) in [5, 5.41) is 13.8. The van der Waals surface area contributed by atoms with Gasteiger partial charge in [-0.15, -0.1) is 11.3 Å². The number of carbonyl (C=O) groups excluding carboxylic acids is 2. The Bertz CT molecular complexity index is 655. The maximum absolute atomic E-state index is 12.5. The number of aryl methyl sites for hydroxylation is 1. The van der Waals surface area contributed by atoms with E-state index in [0.717, 1.165) is 17.8 Å². The van der Waals surface area contributed by atoms with Crippen LogP contribution in [0.1, 0.15) is 21.0 Å². The molecule has 2 rings (SSSR count). The molecule has 0 aromatic carbocycles. The van der Waals surface area contributed by atoms with Gasteiger partial charge in [-0.25, -0.2) is 0 Å². The Balaban J connectivity index is 1.79. The molecule has 1 aromatic rings. The van der Waals surface area contributed by atoms with Crippen LogP contribution in [0.3, 0.4) is 0 Å². The van der Waals surface area contributed by atoms with E-state index in [0.29, 0.717) is 55.6 Å². The van der Waals surface area contributed by atoms with E-state index in [2.05, 4.69) is 5.32 Å². The van der Waals surface area contributed by atoms with E-state index in [-0.39, 0.29) is 17.5 Å². The first-order valence-corrected chi connectivity index (χ1v) is 9.26. The Kier molecular flexibility index (Phi) is 7.49. The van der Waals surface area contributed by atoms with Gasteiger partial charge in [0.25, 0.3) is 11.6 Å². The van der Waals surface area contributed by atoms with Crippen LogP contribution in [0.4, 0.5) is 5.69 Å². The summed E-state index contributed by atoms with van der Waals surface area (Å²) in [7, 11) is 1.62. The number of nitro groups is 1. The average molecular weight is 384 g/mol. The molecule has 0 atom stereocenters. The van der Waals surface area contributed by atoms with Gasteiger partial charge in [0.05, 0.1) is 21.2 Å². The second-order valence-electron chi connectivity index (χ2n) is 6.07. The van der Waals surface area contributed by atoms with Gasteiger partial charge >= 0.3 is 0 Å². The zero-order valence-electron chi connectivity index (χ0n) is 15.0. The van der Waals surface area contributed by atoms with Crippen LogP contribution in [0.2, 0.25) is 0 Å². The van der Waals surface area contributed by atoms with Crippen molar-refractivity contribution in [1.29, 1.82) is 0 Å². The van der Waals surface area contributed by atoms with Crippen LogP contribution in [-0.4, -0.2) is 79.5 Å². The lowest BCUT2D eigenvalue weighted by Gasteiger charge is -2.34. The Morgan fingerprint density at radius 2 is 2.04 bits per heavy atom. The third-order valence-corrected chi connectivity index (χ3v) is 5.20. The third-order valence-electron chi connectivity index (χ3n) is 4.17. The molecule has 1 N–H and O–H groups in total. The highest BCUT2D eigenvalue weighted by molar-refractivity contribution is 7.14. The van der Waals surface area contributed by atoms with E-state index in [1.165, 1.54) is 6.07 Å². The molecule has 10 heteroatoms. The van der Waals surface area contributed by atoms with E-state index in [1.807, 2.05) is 4.90 Å². The van der Waals surface area contributed by atoms with Crippen molar-refractivity contribution < 1.29 is 19.2 Å². The fourth-order valence-electron chi connectivity index (χ4n) is 2.73. The standard InChI is InChI=1S/C16H24N4O5S/c1-12-13(20(23)24)10-14(26-12)16(22)19-7-5-18(6-8-19)11-15(21)17-4-3-9-25-2/h10H,3-9,11H2,1-2H3,(H,17,21). The highest BCUT2D eigenvalue weighted by atomic mass is 32.1. The van der Waals surface area contributed by atoms with E-state index in [1.54, 1.807) is 18.9 Å². The van der Waals surface area contributed by atoms with Gasteiger partial charge in [-0.1, -0.05) is 0 Å². The van der Waals surface area contributed by atoms with Crippen molar-refractivity contribution >= 4 is 28.8 Å². The lowest BCUT2D eigenvalue weighted by molar-refractivity contribution is -0.385. The zero-order valence-corrected chi connectivity index (χ0v) is 15.8.